The van der Waals surface area contributed by atoms with E-state index >= 15 is 0 Å². The molecule has 0 aliphatic heterocycles. The normalized spacial score (nSPS) is 10.4. The van der Waals surface area contributed by atoms with Gasteiger partial charge in [-0.2, -0.15) is 0 Å². The van der Waals surface area contributed by atoms with Crippen LogP contribution in [0.2, 0.25) is 0 Å². The molecule has 0 aliphatic rings. The van der Waals surface area contributed by atoms with E-state index in [0.29, 0.717) is 5.75 Å². The van der Waals surface area contributed by atoms with Crippen molar-refractivity contribution in [3.8, 4) is 23.8 Å². The first-order valence-electron chi connectivity index (χ1n) is 4.38. The van der Waals surface area contributed by atoms with Crippen molar-refractivity contribution < 1.29 is 9.47 Å². The Morgan fingerprint density at radius 2 is 1.93 bits per heavy atom. The SMILES string of the molecule is C#CC(C)(C)Oc1cccc(OC)c1. The number of ether oxygens (including phenoxy) is 2. The number of hydrogen-bond acceptors (Lipinski definition) is 2. The maximum Gasteiger partial charge on any atom is 0.163 e. The average molecular weight is 190 g/mol. The van der Waals surface area contributed by atoms with Gasteiger partial charge in [0, 0.05) is 6.07 Å². The Morgan fingerprint density at radius 1 is 1.29 bits per heavy atom. The minimum atomic E-state index is -0.591. The van der Waals surface area contributed by atoms with Crippen molar-refractivity contribution in [2.24, 2.45) is 0 Å². The number of hydrogen-bond donors (Lipinski definition) is 0. The molecular weight excluding hydrogens is 176 g/mol. The molecule has 0 atom stereocenters. The zero-order chi connectivity index (χ0) is 10.6. The highest BCUT2D eigenvalue weighted by Crippen LogP contribution is 2.22. The van der Waals surface area contributed by atoms with Gasteiger partial charge in [0.1, 0.15) is 11.5 Å². The van der Waals surface area contributed by atoms with Gasteiger partial charge in [0.05, 0.1) is 7.11 Å². The van der Waals surface area contributed by atoms with Gasteiger partial charge in [0.2, 0.25) is 0 Å². The van der Waals surface area contributed by atoms with Crippen molar-refractivity contribution in [2.45, 2.75) is 19.4 Å². The van der Waals surface area contributed by atoms with E-state index in [9.17, 15) is 0 Å². The van der Waals surface area contributed by atoms with Crippen molar-refractivity contribution >= 4 is 0 Å². The molecule has 0 heterocycles. The van der Waals surface area contributed by atoms with Gasteiger partial charge in [-0.25, -0.2) is 0 Å². The van der Waals surface area contributed by atoms with Crippen LogP contribution in [0.1, 0.15) is 13.8 Å². The number of terminal acetylenes is 1. The topological polar surface area (TPSA) is 18.5 Å². The zero-order valence-electron chi connectivity index (χ0n) is 8.70. The molecule has 0 N–H and O–H groups in total. The monoisotopic (exact) mass is 190 g/mol. The van der Waals surface area contributed by atoms with Crippen molar-refractivity contribution in [3.05, 3.63) is 24.3 Å². The zero-order valence-corrected chi connectivity index (χ0v) is 8.70. The van der Waals surface area contributed by atoms with E-state index in [2.05, 4.69) is 5.92 Å². The Balaban J connectivity index is 2.83. The van der Waals surface area contributed by atoms with Crippen LogP contribution >= 0.6 is 0 Å². The summed E-state index contributed by atoms with van der Waals surface area (Å²) in [5.41, 5.74) is -0.591. The Bertz CT molecular complexity index is 348. The van der Waals surface area contributed by atoms with Crippen LogP contribution in [0.3, 0.4) is 0 Å². The summed E-state index contributed by atoms with van der Waals surface area (Å²) in [7, 11) is 1.62. The molecule has 1 aromatic carbocycles. The second-order valence-corrected chi connectivity index (χ2v) is 3.44. The molecule has 1 aromatic rings. The Kier molecular flexibility index (Phi) is 3.03. The van der Waals surface area contributed by atoms with E-state index in [4.69, 9.17) is 15.9 Å². The lowest BCUT2D eigenvalue weighted by Crippen LogP contribution is -2.25. The Morgan fingerprint density at radius 3 is 2.50 bits per heavy atom. The van der Waals surface area contributed by atoms with Gasteiger partial charge in [-0.1, -0.05) is 12.0 Å². The van der Waals surface area contributed by atoms with Crippen LogP contribution in [0, 0.1) is 12.3 Å². The number of methoxy groups -OCH3 is 1. The second-order valence-electron chi connectivity index (χ2n) is 3.44. The standard InChI is InChI=1S/C12H14O2/c1-5-12(2,3)14-11-8-6-7-10(9-11)13-4/h1,6-9H,2-4H3. The van der Waals surface area contributed by atoms with E-state index in [0.717, 1.165) is 5.75 Å². The number of benzene rings is 1. The van der Waals surface area contributed by atoms with Crippen LogP contribution in [-0.2, 0) is 0 Å². The first kappa shape index (κ1) is 10.5. The summed E-state index contributed by atoms with van der Waals surface area (Å²) in [5, 5.41) is 0. The maximum absolute atomic E-state index is 5.58. The van der Waals surface area contributed by atoms with E-state index in [1.165, 1.54) is 0 Å². The smallest absolute Gasteiger partial charge is 0.163 e. The molecule has 1 rings (SSSR count). The number of rotatable bonds is 3. The Hall–Kier alpha value is -1.62. The van der Waals surface area contributed by atoms with Crippen LogP contribution in [0.15, 0.2) is 24.3 Å². The Labute approximate surface area is 84.8 Å². The van der Waals surface area contributed by atoms with E-state index in [1.54, 1.807) is 13.2 Å². The fourth-order valence-electron chi connectivity index (χ4n) is 0.989. The maximum atomic E-state index is 5.58. The fourth-order valence-corrected chi connectivity index (χ4v) is 0.989. The molecule has 0 amide bonds. The van der Waals surface area contributed by atoms with Crippen molar-refractivity contribution in [3.63, 3.8) is 0 Å². The largest absolute Gasteiger partial charge is 0.497 e. The van der Waals surface area contributed by atoms with Crippen LogP contribution in [0.5, 0.6) is 11.5 Å². The summed E-state index contributed by atoms with van der Waals surface area (Å²) in [4.78, 5) is 0. The molecular formula is C12H14O2. The third-order valence-electron chi connectivity index (χ3n) is 1.76. The van der Waals surface area contributed by atoms with Gasteiger partial charge in [-0.05, 0) is 26.0 Å². The molecule has 0 fully saturated rings. The predicted molar refractivity (Wildman–Crippen MR) is 56.5 cm³/mol. The van der Waals surface area contributed by atoms with E-state index in [1.807, 2.05) is 32.0 Å². The van der Waals surface area contributed by atoms with Crippen molar-refractivity contribution in [1.82, 2.24) is 0 Å². The molecule has 74 valence electrons. The van der Waals surface area contributed by atoms with Crippen LogP contribution in [-0.4, -0.2) is 12.7 Å². The van der Waals surface area contributed by atoms with Gasteiger partial charge >= 0.3 is 0 Å². The highest BCUT2D eigenvalue weighted by Gasteiger charge is 2.15. The van der Waals surface area contributed by atoms with Gasteiger partial charge in [-0.3, -0.25) is 0 Å². The molecule has 0 aliphatic carbocycles. The van der Waals surface area contributed by atoms with Gasteiger partial charge in [0.15, 0.2) is 5.60 Å². The van der Waals surface area contributed by atoms with Crippen LogP contribution in [0.4, 0.5) is 0 Å². The summed E-state index contributed by atoms with van der Waals surface area (Å²) in [6.45, 7) is 3.68. The molecule has 2 nitrogen and oxygen atoms in total. The highest BCUT2D eigenvalue weighted by atomic mass is 16.5. The summed E-state index contributed by atoms with van der Waals surface area (Å²) < 4.78 is 10.6. The molecule has 0 saturated heterocycles. The van der Waals surface area contributed by atoms with E-state index in [-0.39, 0.29) is 0 Å². The van der Waals surface area contributed by atoms with Crippen LogP contribution < -0.4 is 9.47 Å². The molecule has 2 heteroatoms. The third-order valence-corrected chi connectivity index (χ3v) is 1.76. The van der Waals surface area contributed by atoms with Gasteiger partial charge < -0.3 is 9.47 Å². The minimum Gasteiger partial charge on any atom is -0.497 e. The average Bonchev–Trinajstić information content (AvgIpc) is 2.17. The molecule has 0 unspecified atom stereocenters. The van der Waals surface area contributed by atoms with Gasteiger partial charge in [-0.15, -0.1) is 6.42 Å². The summed E-state index contributed by atoms with van der Waals surface area (Å²) in [6.07, 6.45) is 5.32. The highest BCUT2D eigenvalue weighted by molar-refractivity contribution is 5.33. The molecule has 0 aromatic heterocycles. The van der Waals surface area contributed by atoms with Crippen LogP contribution in [0.25, 0.3) is 0 Å². The van der Waals surface area contributed by atoms with Crippen molar-refractivity contribution in [2.75, 3.05) is 7.11 Å². The quantitative estimate of drug-likeness (QED) is 0.682. The van der Waals surface area contributed by atoms with Gasteiger partial charge in [0.25, 0.3) is 0 Å². The molecule has 0 saturated carbocycles. The predicted octanol–water partition coefficient (Wildman–Crippen LogP) is 2.49. The summed E-state index contributed by atoms with van der Waals surface area (Å²) in [5.74, 6) is 4.04. The minimum absolute atomic E-state index is 0.591. The first-order chi connectivity index (χ1) is 6.57. The lowest BCUT2D eigenvalue weighted by atomic mass is 10.1. The fraction of sp³-hybridized carbons (Fsp3) is 0.333. The lowest BCUT2D eigenvalue weighted by molar-refractivity contribution is 0.172. The first-order valence-corrected chi connectivity index (χ1v) is 4.38. The second kappa shape index (κ2) is 4.06. The summed E-state index contributed by atoms with van der Waals surface area (Å²) >= 11 is 0. The molecule has 0 bridgehead atoms. The lowest BCUT2D eigenvalue weighted by Gasteiger charge is -2.20. The molecule has 14 heavy (non-hydrogen) atoms. The molecule has 0 spiro atoms. The van der Waals surface area contributed by atoms with E-state index < -0.39 is 5.60 Å². The summed E-state index contributed by atoms with van der Waals surface area (Å²) in [6, 6.07) is 7.37. The molecule has 0 radical (unpaired) electrons. The van der Waals surface area contributed by atoms with Crippen molar-refractivity contribution in [1.29, 1.82) is 0 Å². The third kappa shape index (κ3) is 2.70.